The molecule has 1 aromatic heterocycles. The number of amides is 1. The minimum atomic E-state index is -0.149. The van der Waals surface area contributed by atoms with Gasteiger partial charge in [0.2, 0.25) is 0 Å². The van der Waals surface area contributed by atoms with Crippen LogP contribution in [0.3, 0.4) is 0 Å². The largest absolute Gasteiger partial charge is 0.396 e. The summed E-state index contributed by atoms with van der Waals surface area (Å²) in [6.45, 7) is 1.40. The third-order valence-corrected chi connectivity index (χ3v) is 3.10. The van der Waals surface area contributed by atoms with E-state index in [-0.39, 0.29) is 18.4 Å². The number of aliphatic hydroxyl groups is 1. The Hall–Kier alpha value is -1.73. The van der Waals surface area contributed by atoms with Crippen molar-refractivity contribution in [1.29, 1.82) is 0 Å². The number of aromatic nitrogens is 2. The lowest BCUT2D eigenvalue weighted by atomic mass is 9.99. The van der Waals surface area contributed by atoms with E-state index in [9.17, 15) is 4.79 Å². The van der Waals surface area contributed by atoms with Crippen LogP contribution in [0.2, 0.25) is 0 Å². The average molecular weight is 251 g/mol. The van der Waals surface area contributed by atoms with Gasteiger partial charge in [0.25, 0.3) is 5.91 Å². The zero-order valence-electron chi connectivity index (χ0n) is 10.0. The number of piperidine rings is 1. The summed E-state index contributed by atoms with van der Waals surface area (Å²) in [5.41, 5.74) is 2.66. The first-order valence-electron chi connectivity index (χ1n) is 5.95. The van der Waals surface area contributed by atoms with Gasteiger partial charge in [-0.2, -0.15) is 0 Å². The van der Waals surface area contributed by atoms with Crippen LogP contribution in [0.25, 0.3) is 0 Å². The summed E-state index contributed by atoms with van der Waals surface area (Å²) in [7, 11) is 0. The molecule has 2 rings (SSSR count). The van der Waals surface area contributed by atoms with Gasteiger partial charge in [-0.3, -0.25) is 4.79 Å². The Morgan fingerprint density at radius 2 is 2.39 bits per heavy atom. The first-order valence-corrected chi connectivity index (χ1v) is 5.95. The van der Waals surface area contributed by atoms with Crippen molar-refractivity contribution in [3.63, 3.8) is 0 Å². The molecule has 0 saturated carbocycles. The van der Waals surface area contributed by atoms with Gasteiger partial charge in [-0.1, -0.05) is 0 Å². The standard InChI is InChI=1S/C11H17N5O2/c12-13-10-4-3-9(14-15-10)11(18)16-5-1-2-8(6-16)7-17/h3-4,8,17H,1-2,5-7,12H2,(H,13,15). The maximum absolute atomic E-state index is 12.2. The number of nitrogens with zero attached hydrogens (tertiary/aromatic N) is 3. The van der Waals surface area contributed by atoms with Gasteiger partial charge in [0.15, 0.2) is 11.5 Å². The molecule has 18 heavy (non-hydrogen) atoms. The molecule has 2 heterocycles. The highest BCUT2D eigenvalue weighted by molar-refractivity contribution is 5.92. The smallest absolute Gasteiger partial charge is 0.274 e. The number of hydrazine groups is 1. The molecule has 1 atom stereocenters. The Balaban J connectivity index is 2.05. The number of anilines is 1. The number of nitrogen functional groups attached to an aromatic ring is 1. The maximum Gasteiger partial charge on any atom is 0.274 e. The average Bonchev–Trinajstić information content (AvgIpc) is 2.46. The third-order valence-electron chi connectivity index (χ3n) is 3.10. The van der Waals surface area contributed by atoms with Crippen molar-refractivity contribution in [2.75, 3.05) is 25.1 Å². The molecule has 1 fully saturated rings. The van der Waals surface area contributed by atoms with E-state index in [1.165, 1.54) is 0 Å². The number of hydrogen-bond donors (Lipinski definition) is 3. The lowest BCUT2D eigenvalue weighted by molar-refractivity contribution is 0.0614. The molecule has 1 aliphatic heterocycles. The summed E-state index contributed by atoms with van der Waals surface area (Å²) in [5, 5.41) is 16.7. The first-order chi connectivity index (χ1) is 8.74. The van der Waals surface area contributed by atoms with Crippen molar-refractivity contribution in [2.24, 2.45) is 11.8 Å². The number of nitrogens with two attached hydrogens (primary N) is 1. The highest BCUT2D eigenvalue weighted by atomic mass is 16.3. The lowest BCUT2D eigenvalue weighted by Gasteiger charge is -2.31. The Morgan fingerprint density at radius 3 is 3.00 bits per heavy atom. The van der Waals surface area contributed by atoms with Crippen LogP contribution in [0.15, 0.2) is 12.1 Å². The molecular formula is C11H17N5O2. The molecule has 0 aromatic carbocycles. The molecular weight excluding hydrogens is 234 g/mol. The molecule has 0 aliphatic carbocycles. The van der Waals surface area contributed by atoms with Crippen molar-refractivity contribution >= 4 is 11.7 Å². The van der Waals surface area contributed by atoms with E-state index in [0.717, 1.165) is 12.8 Å². The number of carbonyl (C=O) groups is 1. The molecule has 1 amide bonds. The summed E-state index contributed by atoms with van der Waals surface area (Å²) in [6.07, 6.45) is 1.87. The van der Waals surface area contributed by atoms with Crippen LogP contribution < -0.4 is 11.3 Å². The Kier molecular flexibility index (Phi) is 4.06. The van der Waals surface area contributed by atoms with Crippen LogP contribution in [0.4, 0.5) is 5.82 Å². The molecule has 98 valence electrons. The van der Waals surface area contributed by atoms with E-state index in [1.807, 2.05) is 0 Å². The van der Waals surface area contributed by atoms with Crippen molar-refractivity contribution in [1.82, 2.24) is 15.1 Å². The summed E-state index contributed by atoms with van der Waals surface area (Å²) >= 11 is 0. The predicted molar refractivity (Wildman–Crippen MR) is 65.6 cm³/mol. The van der Waals surface area contributed by atoms with E-state index in [4.69, 9.17) is 10.9 Å². The quantitative estimate of drug-likeness (QED) is 0.499. The van der Waals surface area contributed by atoms with E-state index < -0.39 is 0 Å². The summed E-state index contributed by atoms with van der Waals surface area (Å²) in [6, 6.07) is 3.20. The van der Waals surface area contributed by atoms with Gasteiger partial charge in [0, 0.05) is 19.7 Å². The minimum Gasteiger partial charge on any atom is -0.396 e. The zero-order valence-corrected chi connectivity index (χ0v) is 10.0. The number of carbonyl (C=O) groups excluding carboxylic acids is 1. The second-order valence-electron chi connectivity index (χ2n) is 4.39. The third kappa shape index (κ3) is 2.74. The fraction of sp³-hybridized carbons (Fsp3) is 0.545. The normalized spacial score (nSPS) is 19.7. The van der Waals surface area contributed by atoms with Crippen LogP contribution in [0.1, 0.15) is 23.3 Å². The molecule has 1 aromatic rings. The minimum absolute atomic E-state index is 0.117. The van der Waals surface area contributed by atoms with Gasteiger partial charge in [0.1, 0.15) is 0 Å². The van der Waals surface area contributed by atoms with Crippen molar-refractivity contribution in [2.45, 2.75) is 12.8 Å². The zero-order chi connectivity index (χ0) is 13.0. The van der Waals surface area contributed by atoms with Crippen LogP contribution in [0.5, 0.6) is 0 Å². The van der Waals surface area contributed by atoms with Crippen LogP contribution in [-0.4, -0.2) is 45.8 Å². The van der Waals surface area contributed by atoms with Crippen molar-refractivity contribution < 1.29 is 9.90 Å². The fourth-order valence-corrected chi connectivity index (χ4v) is 2.08. The van der Waals surface area contributed by atoms with Crippen LogP contribution in [0, 0.1) is 5.92 Å². The molecule has 7 heteroatoms. The Labute approximate surface area is 105 Å². The number of aliphatic hydroxyl groups excluding tert-OH is 1. The topological polar surface area (TPSA) is 104 Å². The Bertz CT molecular complexity index is 408. The molecule has 7 nitrogen and oxygen atoms in total. The van der Waals surface area contributed by atoms with Crippen molar-refractivity contribution in [3.05, 3.63) is 17.8 Å². The number of likely N-dealkylation sites (tertiary alicyclic amines) is 1. The Morgan fingerprint density at radius 1 is 1.56 bits per heavy atom. The maximum atomic E-state index is 12.2. The van der Waals surface area contributed by atoms with E-state index in [2.05, 4.69) is 15.6 Å². The van der Waals surface area contributed by atoms with E-state index in [1.54, 1.807) is 17.0 Å². The summed E-state index contributed by atoms with van der Waals surface area (Å²) < 4.78 is 0. The lowest BCUT2D eigenvalue weighted by Crippen LogP contribution is -2.41. The molecule has 1 aliphatic rings. The van der Waals surface area contributed by atoms with Gasteiger partial charge < -0.3 is 15.4 Å². The molecule has 0 spiro atoms. The van der Waals surface area contributed by atoms with Crippen LogP contribution in [-0.2, 0) is 0 Å². The van der Waals surface area contributed by atoms with E-state index >= 15 is 0 Å². The highest BCUT2D eigenvalue weighted by Gasteiger charge is 2.24. The molecule has 0 radical (unpaired) electrons. The van der Waals surface area contributed by atoms with Gasteiger partial charge >= 0.3 is 0 Å². The second kappa shape index (κ2) is 5.74. The van der Waals surface area contributed by atoms with Crippen molar-refractivity contribution in [3.8, 4) is 0 Å². The molecule has 0 bridgehead atoms. The van der Waals surface area contributed by atoms with Gasteiger partial charge in [-0.25, -0.2) is 5.84 Å². The molecule has 1 saturated heterocycles. The molecule has 4 N–H and O–H groups in total. The summed E-state index contributed by atoms with van der Waals surface area (Å²) in [4.78, 5) is 13.9. The fourth-order valence-electron chi connectivity index (χ4n) is 2.08. The molecule has 1 unspecified atom stereocenters. The number of rotatable bonds is 3. The van der Waals surface area contributed by atoms with Crippen LogP contribution >= 0.6 is 0 Å². The van der Waals surface area contributed by atoms with E-state index in [0.29, 0.717) is 24.6 Å². The first kappa shape index (κ1) is 12.7. The number of nitrogens with one attached hydrogen (secondary N) is 1. The summed E-state index contributed by atoms with van der Waals surface area (Å²) in [5.74, 6) is 5.61. The SMILES string of the molecule is NNc1ccc(C(=O)N2CCCC(CO)C2)nn1. The second-order valence-corrected chi connectivity index (χ2v) is 4.39. The highest BCUT2D eigenvalue weighted by Crippen LogP contribution is 2.17. The van der Waals surface area contributed by atoms with Gasteiger partial charge in [-0.15, -0.1) is 10.2 Å². The monoisotopic (exact) mass is 251 g/mol. The number of hydrogen-bond acceptors (Lipinski definition) is 6. The van der Waals surface area contributed by atoms with Gasteiger partial charge in [0.05, 0.1) is 0 Å². The predicted octanol–water partition coefficient (Wildman–Crippen LogP) is -0.393. The van der Waals surface area contributed by atoms with Gasteiger partial charge in [-0.05, 0) is 30.9 Å².